The molecule has 0 bridgehead atoms. The van der Waals surface area contributed by atoms with Crippen LogP contribution in [0, 0.1) is 5.95 Å². The molecular weight excluding hydrogens is 247 g/mol. The lowest BCUT2D eigenvalue weighted by Crippen LogP contribution is -2.12. The van der Waals surface area contributed by atoms with Crippen molar-refractivity contribution in [3.8, 4) is 5.75 Å². The topological polar surface area (TPSA) is 51.2 Å². The molecule has 19 heavy (non-hydrogen) atoms. The van der Waals surface area contributed by atoms with E-state index in [-0.39, 0.29) is 5.91 Å². The Balaban J connectivity index is 2.04. The Morgan fingerprint density at radius 2 is 2.00 bits per heavy atom. The summed E-state index contributed by atoms with van der Waals surface area (Å²) >= 11 is 0. The number of carbonyl (C=O) groups excluding carboxylic acids is 1. The molecule has 1 amide bonds. The van der Waals surface area contributed by atoms with Crippen molar-refractivity contribution in [2.24, 2.45) is 0 Å². The fourth-order valence-electron chi connectivity index (χ4n) is 1.51. The Bertz CT molecular complexity index is 553. The van der Waals surface area contributed by atoms with Gasteiger partial charge in [0, 0.05) is 11.9 Å². The molecule has 0 radical (unpaired) electrons. The zero-order valence-corrected chi connectivity index (χ0v) is 10.4. The van der Waals surface area contributed by atoms with Gasteiger partial charge in [-0.1, -0.05) is 0 Å². The number of hydrogen-bond donors (Lipinski definition) is 1. The molecule has 98 valence electrons. The van der Waals surface area contributed by atoms with Crippen LogP contribution in [0.1, 0.15) is 17.3 Å². The third-order valence-electron chi connectivity index (χ3n) is 2.41. The van der Waals surface area contributed by atoms with Crippen LogP contribution in [0.15, 0.2) is 42.6 Å². The number of rotatable bonds is 4. The number of anilines is 1. The largest absolute Gasteiger partial charge is 0.494 e. The van der Waals surface area contributed by atoms with Gasteiger partial charge in [0.1, 0.15) is 5.75 Å². The molecule has 1 N–H and O–H groups in total. The number of benzene rings is 1. The minimum Gasteiger partial charge on any atom is -0.494 e. The quantitative estimate of drug-likeness (QED) is 0.860. The molecule has 0 aliphatic carbocycles. The van der Waals surface area contributed by atoms with Gasteiger partial charge in [-0.25, -0.2) is 4.98 Å². The number of nitrogens with one attached hydrogen (secondary N) is 1. The summed E-state index contributed by atoms with van der Waals surface area (Å²) in [6.45, 7) is 2.49. The van der Waals surface area contributed by atoms with Gasteiger partial charge in [-0.3, -0.25) is 4.79 Å². The molecule has 5 heteroatoms. The van der Waals surface area contributed by atoms with Crippen LogP contribution in [0.4, 0.5) is 10.1 Å². The van der Waals surface area contributed by atoms with E-state index < -0.39 is 5.95 Å². The van der Waals surface area contributed by atoms with Crippen LogP contribution in [0.3, 0.4) is 0 Å². The fourth-order valence-corrected chi connectivity index (χ4v) is 1.51. The Morgan fingerprint density at radius 1 is 1.26 bits per heavy atom. The minimum absolute atomic E-state index is 0.301. The first kappa shape index (κ1) is 13.0. The molecule has 0 saturated heterocycles. The highest BCUT2D eigenvalue weighted by Gasteiger charge is 2.06. The molecule has 0 atom stereocenters. The molecule has 0 spiro atoms. The number of halogens is 1. The summed E-state index contributed by atoms with van der Waals surface area (Å²) in [7, 11) is 0. The fraction of sp³-hybridized carbons (Fsp3) is 0.143. The normalized spacial score (nSPS) is 10.0. The van der Waals surface area contributed by atoms with Gasteiger partial charge in [-0.15, -0.1) is 0 Å². The Morgan fingerprint density at radius 3 is 2.58 bits per heavy atom. The van der Waals surface area contributed by atoms with E-state index in [9.17, 15) is 9.18 Å². The SMILES string of the molecule is CCOc1ccc(NC(=O)c2ccc(F)nc2)cc1. The van der Waals surface area contributed by atoms with Crippen molar-refractivity contribution in [1.82, 2.24) is 4.98 Å². The number of ether oxygens (including phenoxy) is 1. The molecule has 2 rings (SSSR count). The monoisotopic (exact) mass is 260 g/mol. The van der Waals surface area contributed by atoms with Gasteiger partial charge >= 0.3 is 0 Å². The second kappa shape index (κ2) is 5.95. The lowest BCUT2D eigenvalue weighted by molar-refractivity contribution is 0.102. The standard InChI is InChI=1S/C14H13FN2O2/c1-2-19-12-6-4-11(5-7-12)17-14(18)10-3-8-13(15)16-9-10/h3-9H,2H2,1H3,(H,17,18). The molecule has 0 aliphatic rings. The second-order valence-electron chi connectivity index (χ2n) is 3.78. The van der Waals surface area contributed by atoms with Crippen molar-refractivity contribution in [1.29, 1.82) is 0 Å². The lowest BCUT2D eigenvalue weighted by Gasteiger charge is -2.06. The van der Waals surface area contributed by atoms with Gasteiger partial charge in [0.2, 0.25) is 5.95 Å². The van der Waals surface area contributed by atoms with Crippen molar-refractivity contribution < 1.29 is 13.9 Å². The first-order chi connectivity index (χ1) is 9.19. The summed E-state index contributed by atoms with van der Waals surface area (Å²) in [6, 6.07) is 9.53. The van der Waals surface area contributed by atoms with E-state index in [1.165, 1.54) is 12.3 Å². The Hall–Kier alpha value is -2.43. The van der Waals surface area contributed by atoms with Crippen LogP contribution in [-0.4, -0.2) is 17.5 Å². The van der Waals surface area contributed by atoms with Gasteiger partial charge in [-0.2, -0.15) is 4.39 Å². The van der Waals surface area contributed by atoms with E-state index in [0.29, 0.717) is 17.9 Å². The van der Waals surface area contributed by atoms with Crippen molar-refractivity contribution in [3.63, 3.8) is 0 Å². The summed E-state index contributed by atoms with van der Waals surface area (Å²) < 4.78 is 17.9. The van der Waals surface area contributed by atoms with Crippen LogP contribution in [0.2, 0.25) is 0 Å². The van der Waals surface area contributed by atoms with E-state index >= 15 is 0 Å². The predicted molar refractivity (Wildman–Crippen MR) is 69.8 cm³/mol. The van der Waals surface area contributed by atoms with E-state index in [4.69, 9.17) is 4.74 Å². The average molecular weight is 260 g/mol. The summed E-state index contributed by atoms with van der Waals surface area (Å²) in [5.41, 5.74) is 0.938. The molecule has 0 aliphatic heterocycles. The molecule has 1 aromatic heterocycles. The molecule has 0 unspecified atom stereocenters. The second-order valence-corrected chi connectivity index (χ2v) is 3.78. The van der Waals surface area contributed by atoms with Crippen molar-refractivity contribution >= 4 is 11.6 Å². The van der Waals surface area contributed by atoms with Gasteiger partial charge in [0.25, 0.3) is 5.91 Å². The van der Waals surface area contributed by atoms with Crippen molar-refractivity contribution in [2.75, 3.05) is 11.9 Å². The Labute approximate surface area is 110 Å². The maximum Gasteiger partial charge on any atom is 0.257 e. The van der Waals surface area contributed by atoms with E-state index in [1.807, 2.05) is 6.92 Å². The van der Waals surface area contributed by atoms with Crippen molar-refractivity contribution in [3.05, 3.63) is 54.1 Å². The highest BCUT2D eigenvalue weighted by atomic mass is 19.1. The van der Waals surface area contributed by atoms with Crippen LogP contribution in [-0.2, 0) is 0 Å². The molecular formula is C14H13FN2O2. The molecule has 0 saturated carbocycles. The van der Waals surface area contributed by atoms with Crippen LogP contribution in [0.25, 0.3) is 0 Å². The van der Waals surface area contributed by atoms with Gasteiger partial charge in [-0.05, 0) is 43.3 Å². The average Bonchev–Trinajstić information content (AvgIpc) is 2.42. The highest BCUT2D eigenvalue weighted by Crippen LogP contribution is 2.16. The third-order valence-corrected chi connectivity index (χ3v) is 2.41. The zero-order valence-electron chi connectivity index (χ0n) is 10.4. The number of nitrogens with zero attached hydrogens (tertiary/aromatic N) is 1. The number of carbonyl (C=O) groups is 1. The van der Waals surface area contributed by atoms with E-state index in [2.05, 4.69) is 10.3 Å². The summed E-state index contributed by atoms with van der Waals surface area (Å²) in [4.78, 5) is 15.3. The predicted octanol–water partition coefficient (Wildman–Crippen LogP) is 2.87. The van der Waals surface area contributed by atoms with Crippen molar-refractivity contribution in [2.45, 2.75) is 6.92 Å². The maximum atomic E-state index is 12.6. The molecule has 2 aromatic rings. The first-order valence-corrected chi connectivity index (χ1v) is 5.85. The number of aromatic nitrogens is 1. The zero-order chi connectivity index (χ0) is 13.7. The molecule has 0 fully saturated rings. The van der Waals surface area contributed by atoms with Crippen LogP contribution >= 0.6 is 0 Å². The molecule has 1 aromatic carbocycles. The Kier molecular flexibility index (Phi) is 4.07. The minimum atomic E-state index is -0.613. The number of pyridine rings is 1. The number of amides is 1. The summed E-state index contributed by atoms with van der Waals surface area (Å²) in [5, 5.41) is 2.69. The number of hydrogen-bond acceptors (Lipinski definition) is 3. The first-order valence-electron chi connectivity index (χ1n) is 5.85. The third kappa shape index (κ3) is 3.51. The van der Waals surface area contributed by atoms with Gasteiger partial charge in [0.15, 0.2) is 0 Å². The molecule has 1 heterocycles. The highest BCUT2D eigenvalue weighted by molar-refractivity contribution is 6.04. The van der Waals surface area contributed by atoms with Crippen LogP contribution in [0.5, 0.6) is 5.75 Å². The maximum absolute atomic E-state index is 12.6. The smallest absolute Gasteiger partial charge is 0.257 e. The summed E-state index contributed by atoms with van der Waals surface area (Å²) in [6.07, 6.45) is 1.19. The van der Waals surface area contributed by atoms with E-state index in [0.717, 1.165) is 11.8 Å². The summed E-state index contributed by atoms with van der Waals surface area (Å²) in [5.74, 6) is -0.210. The molecule has 4 nitrogen and oxygen atoms in total. The van der Waals surface area contributed by atoms with Crippen LogP contribution < -0.4 is 10.1 Å². The van der Waals surface area contributed by atoms with Gasteiger partial charge in [0.05, 0.1) is 12.2 Å². The lowest BCUT2D eigenvalue weighted by atomic mass is 10.2. The van der Waals surface area contributed by atoms with Gasteiger partial charge < -0.3 is 10.1 Å². The van der Waals surface area contributed by atoms with E-state index in [1.54, 1.807) is 24.3 Å².